The zero-order valence-electron chi connectivity index (χ0n) is 6.99. The molecule has 13 heavy (non-hydrogen) atoms. The Kier molecular flexibility index (Phi) is 2.67. The Balaban J connectivity index is 3.29. The lowest BCUT2D eigenvalue weighted by molar-refractivity contribution is -0.115. The lowest BCUT2D eigenvalue weighted by Crippen LogP contribution is -2.14. The van der Waals surface area contributed by atoms with E-state index in [2.05, 4.69) is 4.79 Å². The molecule has 0 aliphatic heterocycles. The third-order valence-corrected chi connectivity index (χ3v) is 1.56. The van der Waals surface area contributed by atoms with Gasteiger partial charge in [0.05, 0.1) is 0 Å². The summed E-state index contributed by atoms with van der Waals surface area (Å²) < 4.78 is 13.0. The molecule has 1 rings (SSSR count). The molecule has 1 aromatic carbocycles. The Morgan fingerprint density at radius 2 is 2.08 bits per heavy atom. The fraction of sp³-hybridized carbons (Fsp3) is 0.111. The smallest absolute Gasteiger partial charge is 0.361 e. The Morgan fingerprint density at radius 3 is 2.54 bits per heavy atom. The number of halogens is 1. The van der Waals surface area contributed by atoms with Gasteiger partial charge in [0.25, 0.3) is 0 Å². The first kappa shape index (κ1) is 9.29. The molecule has 1 aromatic rings. The molecule has 0 heterocycles. The Hall–Kier alpha value is -1.80. The number of carbonyl (C=O) groups excluding carboxylic acids is 1. The highest BCUT2D eigenvalue weighted by Crippen LogP contribution is 2.06. The lowest BCUT2D eigenvalue weighted by Gasteiger charge is -1.93. The van der Waals surface area contributed by atoms with Crippen LogP contribution in [0.1, 0.15) is 12.5 Å². The molecule has 66 valence electrons. The van der Waals surface area contributed by atoms with Crippen molar-refractivity contribution >= 4 is 11.5 Å². The van der Waals surface area contributed by atoms with Crippen LogP contribution in [-0.2, 0) is 4.79 Å². The van der Waals surface area contributed by atoms with Crippen LogP contribution in [0.4, 0.5) is 4.39 Å². The summed E-state index contributed by atoms with van der Waals surface area (Å²) in [5.41, 5.74) is 8.22. The first-order valence-electron chi connectivity index (χ1n) is 3.64. The van der Waals surface area contributed by atoms with Crippen molar-refractivity contribution in [1.29, 1.82) is 0 Å². The lowest BCUT2D eigenvalue weighted by atomic mass is 10.1. The van der Waals surface area contributed by atoms with E-state index in [0.29, 0.717) is 0 Å². The molecular formula is C9H7FN2O. The zero-order valence-corrected chi connectivity index (χ0v) is 6.99. The molecular weight excluding hydrogens is 171 g/mol. The fourth-order valence-corrected chi connectivity index (χ4v) is 0.967. The Labute approximate surface area is 74.4 Å². The molecule has 0 aliphatic rings. The van der Waals surface area contributed by atoms with Crippen LogP contribution in [0.3, 0.4) is 0 Å². The van der Waals surface area contributed by atoms with Gasteiger partial charge >= 0.3 is 5.71 Å². The number of hydrogen-bond acceptors (Lipinski definition) is 1. The van der Waals surface area contributed by atoms with Crippen molar-refractivity contribution in [3.63, 3.8) is 0 Å². The number of Topliss-reactive ketones (excluding diaryl/α,β-unsaturated/α-hetero) is 1. The second kappa shape index (κ2) is 3.74. The van der Waals surface area contributed by atoms with Crippen molar-refractivity contribution in [2.24, 2.45) is 0 Å². The minimum Gasteiger partial charge on any atom is -0.361 e. The molecule has 0 aliphatic carbocycles. The van der Waals surface area contributed by atoms with E-state index in [4.69, 9.17) is 5.53 Å². The number of rotatable bonds is 2. The van der Waals surface area contributed by atoms with E-state index in [9.17, 15) is 9.18 Å². The quantitative estimate of drug-likeness (QED) is 0.384. The van der Waals surface area contributed by atoms with Crippen molar-refractivity contribution in [3.8, 4) is 0 Å². The number of hydrogen-bond donors (Lipinski definition) is 0. The Morgan fingerprint density at radius 1 is 1.46 bits per heavy atom. The van der Waals surface area contributed by atoms with Crippen LogP contribution in [0.15, 0.2) is 24.3 Å². The van der Waals surface area contributed by atoms with E-state index in [1.165, 1.54) is 25.1 Å². The van der Waals surface area contributed by atoms with Crippen LogP contribution in [-0.4, -0.2) is 16.3 Å². The van der Waals surface area contributed by atoms with Gasteiger partial charge in [-0.25, -0.2) is 4.39 Å². The first-order valence-corrected chi connectivity index (χ1v) is 3.64. The highest BCUT2D eigenvalue weighted by Gasteiger charge is 2.21. The van der Waals surface area contributed by atoms with Gasteiger partial charge in [0.2, 0.25) is 5.78 Å². The number of benzene rings is 1. The summed E-state index contributed by atoms with van der Waals surface area (Å²) in [5, 5.41) is 0. The summed E-state index contributed by atoms with van der Waals surface area (Å²) in [6, 6.07) is 5.63. The van der Waals surface area contributed by atoms with Gasteiger partial charge in [-0.1, -0.05) is 12.1 Å². The maximum Gasteiger partial charge on any atom is 0.367 e. The predicted molar refractivity (Wildman–Crippen MR) is 44.8 cm³/mol. The van der Waals surface area contributed by atoms with Gasteiger partial charge in [-0.05, 0) is 12.1 Å². The van der Waals surface area contributed by atoms with Gasteiger partial charge in [0, 0.05) is 6.92 Å². The first-order chi connectivity index (χ1) is 6.16. The van der Waals surface area contributed by atoms with Crippen LogP contribution in [0.2, 0.25) is 0 Å². The highest BCUT2D eigenvalue weighted by atomic mass is 19.1. The third kappa shape index (κ3) is 1.86. The molecule has 0 unspecified atom stereocenters. The molecule has 4 heteroatoms. The maximum absolute atomic E-state index is 13.0. The minimum absolute atomic E-state index is 0.0116. The number of carbonyl (C=O) groups is 1. The van der Waals surface area contributed by atoms with Gasteiger partial charge in [-0.2, -0.15) is 4.79 Å². The molecule has 0 saturated carbocycles. The molecule has 0 N–H and O–H groups in total. The summed E-state index contributed by atoms with van der Waals surface area (Å²) in [6.45, 7) is 1.21. The molecule has 0 bridgehead atoms. The molecule has 0 aromatic heterocycles. The van der Waals surface area contributed by atoms with Crippen molar-refractivity contribution in [3.05, 3.63) is 41.2 Å². The molecule has 0 radical (unpaired) electrons. The standard InChI is InChI=1S/C9H7FN2O/c1-6(13)9(12-11)7-4-2-3-5-8(7)10/h2-5H,1H3. The minimum atomic E-state index is -0.578. The fourth-order valence-electron chi connectivity index (χ4n) is 0.967. The summed E-state index contributed by atoms with van der Waals surface area (Å²) >= 11 is 0. The second-order valence-electron chi connectivity index (χ2n) is 2.48. The SMILES string of the molecule is CC(=O)C(=[N+]=[N-])c1ccccc1F. The average molecular weight is 178 g/mol. The molecule has 0 saturated heterocycles. The van der Waals surface area contributed by atoms with E-state index in [0.717, 1.165) is 0 Å². The van der Waals surface area contributed by atoms with Gasteiger partial charge in [-0.3, -0.25) is 4.79 Å². The molecule has 0 amide bonds. The van der Waals surface area contributed by atoms with Crippen LogP contribution >= 0.6 is 0 Å². The second-order valence-corrected chi connectivity index (χ2v) is 2.48. The maximum atomic E-state index is 13.0. The largest absolute Gasteiger partial charge is 0.367 e. The van der Waals surface area contributed by atoms with Crippen molar-refractivity contribution in [2.75, 3.05) is 0 Å². The Bertz CT molecular complexity index is 394. The molecule has 3 nitrogen and oxygen atoms in total. The molecule has 0 atom stereocenters. The third-order valence-electron chi connectivity index (χ3n) is 1.56. The predicted octanol–water partition coefficient (Wildman–Crippen LogP) is 1.43. The summed E-state index contributed by atoms with van der Waals surface area (Å²) in [6.07, 6.45) is 0. The van der Waals surface area contributed by atoms with Gasteiger partial charge in [0.15, 0.2) is 0 Å². The molecule has 0 spiro atoms. The van der Waals surface area contributed by atoms with Gasteiger partial charge in [0.1, 0.15) is 11.4 Å². The topological polar surface area (TPSA) is 53.5 Å². The van der Waals surface area contributed by atoms with E-state index >= 15 is 0 Å². The summed E-state index contributed by atoms with van der Waals surface area (Å²) in [7, 11) is 0. The number of nitrogens with zero attached hydrogens (tertiary/aromatic N) is 2. The van der Waals surface area contributed by atoms with Gasteiger partial charge < -0.3 is 5.53 Å². The number of ketones is 1. The normalized spacial score (nSPS) is 9.08. The monoisotopic (exact) mass is 178 g/mol. The van der Waals surface area contributed by atoms with Crippen LogP contribution in [0, 0.1) is 5.82 Å². The summed E-state index contributed by atoms with van der Waals surface area (Å²) in [4.78, 5) is 13.6. The van der Waals surface area contributed by atoms with E-state index < -0.39 is 11.6 Å². The van der Waals surface area contributed by atoms with Gasteiger partial charge in [-0.15, -0.1) is 0 Å². The van der Waals surface area contributed by atoms with Crippen molar-refractivity contribution < 1.29 is 14.0 Å². The van der Waals surface area contributed by atoms with Crippen LogP contribution in [0.25, 0.3) is 5.53 Å². The summed E-state index contributed by atoms with van der Waals surface area (Å²) in [5.74, 6) is -1.06. The molecule has 0 fully saturated rings. The average Bonchev–Trinajstić information content (AvgIpc) is 2.09. The van der Waals surface area contributed by atoms with Crippen LogP contribution in [0.5, 0.6) is 0 Å². The van der Waals surface area contributed by atoms with E-state index in [1.807, 2.05) is 0 Å². The highest BCUT2D eigenvalue weighted by molar-refractivity contribution is 6.43. The van der Waals surface area contributed by atoms with E-state index in [1.54, 1.807) is 6.07 Å². The van der Waals surface area contributed by atoms with Crippen molar-refractivity contribution in [2.45, 2.75) is 6.92 Å². The zero-order chi connectivity index (χ0) is 9.84. The van der Waals surface area contributed by atoms with E-state index in [-0.39, 0.29) is 11.3 Å². The van der Waals surface area contributed by atoms with Crippen LogP contribution < -0.4 is 0 Å². The van der Waals surface area contributed by atoms with Crippen molar-refractivity contribution in [1.82, 2.24) is 0 Å².